The van der Waals surface area contributed by atoms with Crippen molar-refractivity contribution in [2.75, 3.05) is 0 Å². The molecule has 0 radical (unpaired) electrons. The minimum absolute atomic E-state index is 0.266. The van der Waals surface area contributed by atoms with E-state index in [9.17, 15) is 4.79 Å². The van der Waals surface area contributed by atoms with E-state index in [0.717, 1.165) is 13.6 Å². The molecule has 1 aromatic carbocycles. The second-order valence-electron chi connectivity index (χ2n) is 6.42. The maximum atomic E-state index is 13.1. The van der Waals surface area contributed by atoms with E-state index in [1.807, 2.05) is 19.1 Å². The van der Waals surface area contributed by atoms with E-state index in [1.165, 1.54) is 6.20 Å². The second-order valence-corrected chi connectivity index (χ2v) is 8.36. The number of H-pyrrole nitrogens is 1. The van der Waals surface area contributed by atoms with Crippen LogP contribution in [-0.2, 0) is 0 Å². The van der Waals surface area contributed by atoms with E-state index < -0.39 is 6.04 Å². The van der Waals surface area contributed by atoms with Crippen molar-refractivity contribution in [3.8, 4) is 17.5 Å². The summed E-state index contributed by atoms with van der Waals surface area (Å²) in [6, 6.07) is 8.65. The number of hydrogen-bond donors (Lipinski definition) is 2. The zero-order chi connectivity index (χ0) is 21.3. The number of pyridine rings is 1. The number of halogens is 2. The van der Waals surface area contributed by atoms with Gasteiger partial charge in [-0.25, -0.2) is 0 Å². The fourth-order valence-corrected chi connectivity index (χ4v) is 4.04. The molecule has 0 saturated heterocycles. The number of benzene rings is 1. The third-order valence-electron chi connectivity index (χ3n) is 4.46. The van der Waals surface area contributed by atoms with Crippen molar-refractivity contribution in [3.63, 3.8) is 0 Å². The Morgan fingerprint density at radius 2 is 2.07 bits per heavy atom. The summed E-state index contributed by atoms with van der Waals surface area (Å²) >= 11 is 5.58. The highest BCUT2D eigenvalue weighted by atomic mass is 127. The molecule has 0 saturated carbocycles. The smallest absolute Gasteiger partial charge is 0.254 e. The van der Waals surface area contributed by atoms with E-state index in [-0.39, 0.29) is 5.91 Å². The lowest BCUT2D eigenvalue weighted by molar-refractivity contribution is 0.0940. The number of aromatic nitrogens is 5. The highest BCUT2D eigenvalue weighted by Gasteiger charge is 2.21. The molecule has 4 rings (SSSR count). The number of carbonyl (C=O) groups is 1. The summed E-state index contributed by atoms with van der Waals surface area (Å²) in [5, 5.41) is 19.9. The second kappa shape index (κ2) is 8.45. The van der Waals surface area contributed by atoms with Crippen LogP contribution in [-0.4, -0.2) is 31.1 Å². The van der Waals surface area contributed by atoms with Crippen LogP contribution in [0.4, 0.5) is 0 Å². The van der Waals surface area contributed by atoms with Gasteiger partial charge in [0.1, 0.15) is 15.5 Å². The summed E-state index contributed by atoms with van der Waals surface area (Å²) in [4.78, 5) is 26.2. The van der Waals surface area contributed by atoms with E-state index in [0.29, 0.717) is 33.7 Å². The molecule has 8 nitrogen and oxygen atoms in total. The number of hydrogen-bond acceptors (Lipinski definition) is 6. The topological polar surface area (TPSA) is 120 Å². The lowest BCUT2D eigenvalue weighted by atomic mass is 10.1. The van der Waals surface area contributed by atoms with Crippen molar-refractivity contribution >= 4 is 55.3 Å². The Bertz CT molecular complexity index is 1300. The molecule has 0 aliphatic carbocycles. The molecular weight excluding hydrogens is 561 g/mol. The Morgan fingerprint density at radius 3 is 2.80 bits per heavy atom. The zero-order valence-corrected chi connectivity index (χ0v) is 19.3. The summed E-state index contributed by atoms with van der Waals surface area (Å²) in [6.07, 6.45) is 4.62. The number of nitrogens with one attached hydrogen (secondary N) is 2. The van der Waals surface area contributed by atoms with Crippen LogP contribution in [0.2, 0.25) is 0 Å². The standard InChI is InChI=1S/C20H13BrIN7O/c1-10(16-18(25-5-4-24-16)15-3-2-11(8-23)9-26-15)27-20(30)14-7-12(21)6-13-17(14)28-29-19(13)22/h2-7,9-10H,1H3,(H,27,30)(H,28,29)/t10-/m0/s1. The van der Waals surface area contributed by atoms with E-state index >= 15 is 0 Å². The van der Waals surface area contributed by atoms with Crippen LogP contribution in [0.3, 0.4) is 0 Å². The summed E-state index contributed by atoms with van der Waals surface area (Å²) in [7, 11) is 0. The number of amides is 1. The van der Waals surface area contributed by atoms with Gasteiger partial charge in [-0.2, -0.15) is 10.4 Å². The largest absolute Gasteiger partial charge is 0.344 e. The van der Waals surface area contributed by atoms with Gasteiger partial charge in [0.05, 0.1) is 34.1 Å². The van der Waals surface area contributed by atoms with Crippen molar-refractivity contribution in [2.24, 2.45) is 0 Å². The third-order valence-corrected chi connectivity index (χ3v) is 5.74. The van der Waals surface area contributed by atoms with Gasteiger partial charge in [0.15, 0.2) is 0 Å². The zero-order valence-electron chi connectivity index (χ0n) is 15.5. The average Bonchev–Trinajstić information content (AvgIpc) is 3.13. The maximum Gasteiger partial charge on any atom is 0.254 e. The van der Waals surface area contributed by atoms with Crippen LogP contribution in [0.5, 0.6) is 0 Å². The minimum atomic E-state index is -0.435. The first-order chi connectivity index (χ1) is 14.5. The Labute approximate surface area is 193 Å². The van der Waals surface area contributed by atoms with E-state index in [1.54, 1.807) is 30.6 Å². The Kier molecular flexibility index (Phi) is 5.74. The van der Waals surface area contributed by atoms with Gasteiger partial charge in [-0.3, -0.25) is 24.8 Å². The molecule has 1 atom stereocenters. The number of fused-ring (bicyclic) bond motifs is 1. The maximum absolute atomic E-state index is 13.1. The number of nitrogens with zero attached hydrogens (tertiary/aromatic N) is 5. The molecule has 3 heterocycles. The van der Waals surface area contributed by atoms with Gasteiger partial charge in [0, 0.05) is 28.4 Å². The van der Waals surface area contributed by atoms with Crippen LogP contribution in [0, 0.1) is 15.0 Å². The molecule has 0 bridgehead atoms. The highest BCUT2D eigenvalue weighted by Crippen LogP contribution is 2.27. The molecular formula is C20H13BrIN7O. The van der Waals surface area contributed by atoms with Crippen LogP contribution in [0.1, 0.15) is 34.6 Å². The molecule has 148 valence electrons. The van der Waals surface area contributed by atoms with Crippen LogP contribution >= 0.6 is 38.5 Å². The lowest BCUT2D eigenvalue weighted by Gasteiger charge is -2.16. The molecule has 0 aliphatic rings. The Morgan fingerprint density at radius 1 is 1.27 bits per heavy atom. The molecule has 10 heteroatoms. The molecule has 0 aliphatic heterocycles. The van der Waals surface area contributed by atoms with Crippen LogP contribution in [0.15, 0.2) is 47.3 Å². The lowest BCUT2D eigenvalue weighted by Crippen LogP contribution is -2.28. The van der Waals surface area contributed by atoms with E-state index in [4.69, 9.17) is 5.26 Å². The first-order valence-electron chi connectivity index (χ1n) is 8.79. The summed E-state index contributed by atoms with van der Waals surface area (Å²) in [5.74, 6) is -0.266. The van der Waals surface area contributed by atoms with Crippen LogP contribution in [0.25, 0.3) is 22.3 Å². The van der Waals surface area contributed by atoms with Crippen molar-refractivity contribution in [1.82, 2.24) is 30.5 Å². The monoisotopic (exact) mass is 573 g/mol. The van der Waals surface area contributed by atoms with E-state index in [2.05, 4.69) is 69.0 Å². The fourth-order valence-electron chi connectivity index (χ4n) is 3.04. The van der Waals surface area contributed by atoms with Gasteiger partial charge in [0.25, 0.3) is 5.91 Å². The quantitative estimate of drug-likeness (QED) is 0.354. The normalized spacial score (nSPS) is 11.8. The number of carbonyl (C=O) groups excluding carboxylic acids is 1. The predicted octanol–water partition coefficient (Wildman–Crippen LogP) is 4.14. The molecule has 0 unspecified atom stereocenters. The van der Waals surface area contributed by atoms with Gasteiger partial charge in [-0.05, 0) is 53.8 Å². The number of nitriles is 1. The number of aromatic amines is 1. The van der Waals surface area contributed by atoms with Crippen molar-refractivity contribution < 1.29 is 4.79 Å². The Balaban J connectivity index is 1.66. The highest BCUT2D eigenvalue weighted by molar-refractivity contribution is 14.1. The molecule has 0 spiro atoms. The summed E-state index contributed by atoms with van der Waals surface area (Å²) < 4.78 is 1.57. The predicted molar refractivity (Wildman–Crippen MR) is 122 cm³/mol. The van der Waals surface area contributed by atoms with Crippen molar-refractivity contribution in [1.29, 1.82) is 5.26 Å². The van der Waals surface area contributed by atoms with Gasteiger partial charge in [0.2, 0.25) is 0 Å². The van der Waals surface area contributed by atoms with Crippen molar-refractivity contribution in [2.45, 2.75) is 13.0 Å². The first kappa shape index (κ1) is 20.4. The fraction of sp³-hybridized carbons (Fsp3) is 0.100. The molecule has 0 fully saturated rings. The van der Waals surface area contributed by atoms with Gasteiger partial charge < -0.3 is 5.32 Å². The van der Waals surface area contributed by atoms with Gasteiger partial charge in [-0.15, -0.1) is 0 Å². The summed E-state index contributed by atoms with van der Waals surface area (Å²) in [6.45, 7) is 1.83. The third kappa shape index (κ3) is 3.90. The molecule has 2 N–H and O–H groups in total. The SMILES string of the molecule is C[C@H](NC(=O)c1cc(Br)cc2c(I)n[nH]c12)c1nccnc1-c1ccc(C#N)cn1. The molecule has 1 amide bonds. The van der Waals surface area contributed by atoms with Gasteiger partial charge >= 0.3 is 0 Å². The molecule has 30 heavy (non-hydrogen) atoms. The molecule has 3 aromatic heterocycles. The first-order valence-corrected chi connectivity index (χ1v) is 10.7. The summed E-state index contributed by atoms with van der Waals surface area (Å²) in [5.41, 5.74) is 3.30. The van der Waals surface area contributed by atoms with Gasteiger partial charge in [-0.1, -0.05) is 15.9 Å². The molecule has 4 aromatic rings. The van der Waals surface area contributed by atoms with Crippen molar-refractivity contribution in [3.05, 3.63) is 67.9 Å². The van der Waals surface area contributed by atoms with Crippen LogP contribution < -0.4 is 5.32 Å². The average molecular weight is 574 g/mol. The Hall–Kier alpha value is -2.91. The number of rotatable bonds is 4. The minimum Gasteiger partial charge on any atom is -0.344 e.